The molecule has 1 aliphatic rings. The summed E-state index contributed by atoms with van der Waals surface area (Å²) in [5, 5.41) is 3.45. The molecule has 0 radical (unpaired) electrons. The van der Waals surface area contributed by atoms with Gasteiger partial charge in [0.25, 0.3) is 0 Å². The molecule has 1 unspecified atom stereocenters. The number of hydrogen-bond donors (Lipinski definition) is 1. The number of nitrogens with zero attached hydrogens (tertiary/aromatic N) is 1. The molecule has 1 N–H and O–H groups in total. The van der Waals surface area contributed by atoms with Gasteiger partial charge in [-0.25, -0.2) is 0 Å². The third-order valence-electron chi connectivity index (χ3n) is 3.59. The molecule has 0 heterocycles. The molecule has 3 nitrogen and oxygen atoms in total. The molecule has 3 heteroatoms. The zero-order valence-corrected chi connectivity index (χ0v) is 11.3. The maximum atomic E-state index is 11.4. The van der Waals surface area contributed by atoms with Crippen molar-refractivity contribution in [3.8, 4) is 0 Å². The molecule has 2 rings (SSSR count). The van der Waals surface area contributed by atoms with Crippen LogP contribution in [0.5, 0.6) is 0 Å². The van der Waals surface area contributed by atoms with Crippen molar-refractivity contribution >= 4 is 5.91 Å². The standard InChI is InChI=1S/C15H22N2O/c1-17(2)15(18)8-5-9-16-11-13-10-12-6-3-4-7-14(12)13/h3-4,6-7,13,16H,5,8-11H2,1-2H3. The number of nitrogens with one attached hydrogen (secondary N) is 1. The van der Waals surface area contributed by atoms with Crippen molar-refractivity contribution in [2.45, 2.75) is 25.2 Å². The molecule has 18 heavy (non-hydrogen) atoms. The minimum atomic E-state index is 0.214. The van der Waals surface area contributed by atoms with E-state index in [9.17, 15) is 4.79 Å². The lowest BCUT2D eigenvalue weighted by molar-refractivity contribution is -0.128. The van der Waals surface area contributed by atoms with Gasteiger partial charge >= 0.3 is 0 Å². The van der Waals surface area contributed by atoms with E-state index >= 15 is 0 Å². The Kier molecular flexibility index (Phi) is 4.37. The summed E-state index contributed by atoms with van der Waals surface area (Å²) in [6, 6.07) is 8.65. The molecular weight excluding hydrogens is 224 g/mol. The molecule has 1 amide bonds. The molecule has 1 aromatic carbocycles. The largest absolute Gasteiger partial charge is 0.349 e. The van der Waals surface area contributed by atoms with Gasteiger partial charge < -0.3 is 10.2 Å². The molecule has 0 bridgehead atoms. The van der Waals surface area contributed by atoms with Crippen LogP contribution >= 0.6 is 0 Å². The first-order chi connectivity index (χ1) is 8.68. The smallest absolute Gasteiger partial charge is 0.222 e. The summed E-state index contributed by atoms with van der Waals surface area (Å²) in [5.74, 6) is 0.886. The number of benzene rings is 1. The van der Waals surface area contributed by atoms with Crippen molar-refractivity contribution in [3.05, 3.63) is 35.4 Å². The molecular formula is C15H22N2O. The van der Waals surface area contributed by atoms with Crippen LogP contribution in [0.2, 0.25) is 0 Å². The topological polar surface area (TPSA) is 32.3 Å². The summed E-state index contributed by atoms with van der Waals surface area (Å²) in [4.78, 5) is 13.0. The van der Waals surface area contributed by atoms with E-state index in [4.69, 9.17) is 0 Å². The van der Waals surface area contributed by atoms with E-state index in [0.717, 1.165) is 19.5 Å². The van der Waals surface area contributed by atoms with Gasteiger partial charge in [-0.1, -0.05) is 24.3 Å². The zero-order valence-electron chi connectivity index (χ0n) is 11.3. The van der Waals surface area contributed by atoms with Crippen molar-refractivity contribution in [2.75, 3.05) is 27.2 Å². The minimum absolute atomic E-state index is 0.214. The highest BCUT2D eigenvalue weighted by Crippen LogP contribution is 2.33. The summed E-state index contributed by atoms with van der Waals surface area (Å²) >= 11 is 0. The highest BCUT2D eigenvalue weighted by Gasteiger charge is 2.24. The fraction of sp³-hybridized carbons (Fsp3) is 0.533. The van der Waals surface area contributed by atoms with E-state index in [1.165, 1.54) is 17.5 Å². The van der Waals surface area contributed by atoms with Gasteiger partial charge in [-0.15, -0.1) is 0 Å². The van der Waals surface area contributed by atoms with E-state index in [2.05, 4.69) is 29.6 Å². The van der Waals surface area contributed by atoms with Gasteiger partial charge in [0.2, 0.25) is 5.91 Å². The fourth-order valence-corrected chi connectivity index (χ4v) is 2.41. The number of amides is 1. The lowest BCUT2D eigenvalue weighted by Gasteiger charge is -2.30. The second-order valence-electron chi connectivity index (χ2n) is 5.20. The summed E-state index contributed by atoms with van der Waals surface area (Å²) in [6.07, 6.45) is 2.76. The highest BCUT2D eigenvalue weighted by atomic mass is 16.2. The highest BCUT2D eigenvalue weighted by molar-refractivity contribution is 5.75. The van der Waals surface area contributed by atoms with Crippen molar-refractivity contribution in [2.24, 2.45) is 0 Å². The number of fused-ring (bicyclic) bond motifs is 1. The van der Waals surface area contributed by atoms with Gasteiger partial charge in [-0.05, 0) is 30.5 Å². The van der Waals surface area contributed by atoms with Gasteiger partial charge in [0.1, 0.15) is 0 Å². The van der Waals surface area contributed by atoms with E-state index in [1.54, 1.807) is 19.0 Å². The Hall–Kier alpha value is -1.35. The van der Waals surface area contributed by atoms with Crippen molar-refractivity contribution < 1.29 is 4.79 Å². The maximum absolute atomic E-state index is 11.4. The SMILES string of the molecule is CN(C)C(=O)CCCNCC1Cc2ccccc21. The number of carbonyl (C=O) groups is 1. The maximum Gasteiger partial charge on any atom is 0.222 e. The van der Waals surface area contributed by atoms with E-state index in [0.29, 0.717) is 12.3 Å². The van der Waals surface area contributed by atoms with Crippen LogP contribution in [-0.4, -0.2) is 38.0 Å². The fourth-order valence-electron chi connectivity index (χ4n) is 2.41. The first-order valence-corrected chi connectivity index (χ1v) is 6.67. The molecule has 1 aliphatic carbocycles. The van der Waals surface area contributed by atoms with Crippen LogP contribution in [0.4, 0.5) is 0 Å². The first-order valence-electron chi connectivity index (χ1n) is 6.67. The van der Waals surface area contributed by atoms with Crippen molar-refractivity contribution in [3.63, 3.8) is 0 Å². The van der Waals surface area contributed by atoms with Crippen LogP contribution in [-0.2, 0) is 11.2 Å². The summed E-state index contributed by atoms with van der Waals surface area (Å²) in [5.41, 5.74) is 2.99. The quantitative estimate of drug-likeness (QED) is 0.776. The van der Waals surface area contributed by atoms with Gasteiger partial charge in [-0.2, -0.15) is 0 Å². The minimum Gasteiger partial charge on any atom is -0.349 e. The Balaban J connectivity index is 1.59. The second kappa shape index (κ2) is 6.01. The normalized spacial score (nSPS) is 16.9. The molecule has 98 valence electrons. The van der Waals surface area contributed by atoms with Gasteiger partial charge in [0.15, 0.2) is 0 Å². The van der Waals surface area contributed by atoms with E-state index in [1.807, 2.05) is 0 Å². The van der Waals surface area contributed by atoms with Crippen LogP contribution in [0.3, 0.4) is 0 Å². The summed E-state index contributed by atoms with van der Waals surface area (Å²) in [6.45, 7) is 1.96. The molecule has 0 spiro atoms. The van der Waals surface area contributed by atoms with E-state index < -0.39 is 0 Å². The Morgan fingerprint density at radius 3 is 2.89 bits per heavy atom. The van der Waals surface area contributed by atoms with Crippen LogP contribution in [0.25, 0.3) is 0 Å². The van der Waals surface area contributed by atoms with Crippen molar-refractivity contribution in [1.29, 1.82) is 0 Å². The lowest BCUT2D eigenvalue weighted by atomic mass is 9.77. The average Bonchev–Trinajstić information content (AvgIpc) is 2.33. The molecule has 0 aromatic heterocycles. The predicted octanol–water partition coefficient (Wildman–Crippen LogP) is 1.78. The van der Waals surface area contributed by atoms with Gasteiger partial charge in [-0.3, -0.25) is 4.79 Å². The first kappa shape index (κ1) is 13.1. The second-order valence-corrected chi connectivity index (χ2v) is 5.20. The van der Waals surface area contributed by atoms with Crippen molar-refractivity contribution in [1.82, 2.24) is 10.2 Å². The Bertz CT molecular complexity index is 415. The molecule has 0 saturated carbocycles. The Labute approximate surface area is 109 Å². The van der Waals surface area contributed by atoms with Crippen LogP contribution in [0.1, 0.15) is 29.9 Å². The zero-order chi connectivity index (χ0) is 13.0. The molecule has 0 saturated heterocycles. The number of carbonyl (C=O) groups excluding carboxylic acids is 1. The van der Waals surface area contributed by atoms with Gasteiger partial charge in [0.05, 0.1) is 0 Å². The Morgan fingerprint density at radius 2 is 2.17 bits per heavy atom. The molecule has 0 aliphatic heterocycles. The number of hydrogen-bond acceptors (Lipinski definition) is 2. The number of rotatable bonds is 6. The third-order valence-corrected chi connectivity index (χ3v) is 3.59. The lowest BCUT2D eigenvalue weighted by Crippen LogP contribution is -2.30. The monoisotopic (exact) mass is 246 g/mol. The van der Waals surface area contributed by atoms with E-state index in [-0.39, 0.29) is 5.91 Å². The van der Waals surface area contributed by atoms with Crippen LogP contribution in [0, 0.1) is 0 Å². The predicted molar refractivity (Wildman–Crippen MR) is 73.7 cm³/mol. The average molecular weight is 246 g/mol. The third kappa shape index (κ3) is 3.10. The van der Waals surface area contributed by atoms with Crippen LogP contribution in [0.15, 0.2) is 24.3 Å². The summed E-state index contributed by atoms with van der Waals surface area (Å²) < 4.78 is 0. The molecule has 1 atom stereocenters. The molecule has 1 aromatic rings. The van der Waals surface area contributed by atoms with Crippen LogP contribution < -0.4 is 5.32 Å². The Morgan fingerprint density at radius 1 is 1.39 bits per heavy atom. The molecule has 0 fully saturated rings. The van der Waals surface area contributed by atoms with Gasteiger partial charge in [0, 0.05) is 33.0 Å². The summed E-state index contributed by atoms with van der Waals surface area (Å²) in [7, 11) is 3.61.